The van der Waals surface area contributed by atoms with Gasteiger partial charge < -0.3 is 5.32 Å². The van der Waals surface area contributed by atoms with Crippen LogP contribution < -0.4 is 5.32 Å². The minimum Gasteiger partial charge on any atom is -0.350 e. The van der Waals surface area contributed by atoms with Gasteiger partial charge in [-0.1, -0.05) is 0 Å². The number of likely N-dealkylation sites (N-methyl/N-ethyl adjacent to an activating group) is 1. The SMILES string of the molecule is CC(CNC(=O)c1cccnc1SC(F)(F)F)N(C)C1CC1. The first-order valence-corrected chi connectivity index (χ1v) is 7.80. The van der Waals surface area contributed by atoms with E-state index in [-0.39, 0.29) is 28.4 Å². The third-order valence-corrected chi connectivity index (χ3v) is 4.35. The van der Waals surface area contributed by atoms with Crippen molar-refractivity contribution in [2.75, 3.05) is 13.6 Å². The van der Waals surface area contributed by atoms with Crippen LogP contribution in [0.5, 0.6) is 0 Å². The zero-order valence-electron chi connectivity index (χ0n) is 12.4. The van der Waals surface area contributed by atoms with Crippen molar-refractivity contribution in [3.63, 3.8) is 0 Å². The fraction of sp³-hybridized carbons (Fsp3) is 0.571. The number of alkyl halides is 3. The summed E-state index contributed by atoms with van der Waals surface area (Å²) in [6.07, 6.45) is 3.56. The van der Waals surface area contributed by atoms with E-state index in [9.17, 15) is 18.0 Å². The van der Waals surface area contributed by atoms with Gasteiger partial charge in [0, 0.05) is 36.6 Å². The number of aromatic nitrogens is 1. The van der Waals surface area contributed by atoms with Gasteiger partial charge in [0.15, 0.2) is 0 Å². The van der Waals surface area contributed by atoms with Crippen LogP contribution >= 0.6 is 11.8 Å². The molecule has 1 atom stereocenters. The first-order chi connectivity index (χ1) is 10.3. The second-order valence-electron chi connectivity index (χ2n) is 5.36. The maximum atomic E-state index is 12.5. The number of nitrogens with one attached hydrogen (secondary N) is 1. The van der Waals surface area contributed by atoms with Crippen LogP contribution in [0.3, 0.4) is 0 Å². The normalized spacial score (nSPS) is 16.6. The van der Waals surface area contributed by atoms with Crippen LogP contribution in [0.15, 0.2) is 23.4 Å². The molecule has 1 aliphatic rings. The van der Waals surface area contributed by atoms with Crippen LogP contribution in [-0.4, -0.2) is 47.0 Å². The predicted molar refractivity (Wildman–Crippen MR) is 78.7 cm³/mol. The average Bonchev–Trinajstić information content (AvgIpc) is 3.27. The zero-order valence-corrected chi connectivity index (χ0v) is 13.2. The Bertz CT molecular complexity index is 534. The second kappa shape index (κ2) is 6.87. The fourth-order valence-corrected chi connectivity index (χ4v) is 2.68. The molecule has 1 saturated carbocycles. The molecule has 1 N–H and O–H groups in total. The lowest BCUT2D eigenvalue weighted by molar-refractivity contribution is -0.0329. The third-order valence-electron chi connectivity index (χ3n) is 3.60. The van der Waals surface area contributed by atoms with Crippen molar-refractivity contribution in [1.82, 2.24) is 15.2 Å². The number of amides is 1. The van der Waals surface area contributed by atoms with E-state index in [0.717, 1.165) is 12.8 Å². The third kappa shape index (κ3) is 4.88. The van der Waals surface area contributed by atoms with Gasteiger partial charge in [-0.25, -0.2) is 4.98 Å². The summed E-state index contributed by atoms with van der Waals surface area (Å²) in [7, 11) is 1.99. The Kier molecular flexibility index (Phi) is 5.33. The molecule has 0 aromatic carbocycles. The van der Waals surface area contributed by atoms with Gasteiger partial charge in [0.05, 0.1) is 5.56 Å². The van der Waals surface area contributed by atoms with Gasteiger partial charge in [-0.15, -0.1) is 0 Å². The van der Waals surface area contributed by atoms with E-state index in [1.807, 2.05) is 14.0 Å². The highest BCUT2D eigenvalue weighted by Gasteiger charge is 2.33. The summed E-state index contributed by atoms with van der Waals surface area (Å²) in [4.78, 5) is 17.9. The Morgan fingerprint density at radius 3 is 2.82 bits per heavy atom. The van der Waals surface area contributed by atoms with E-state index in [1.54, 1.807) is 0 Å². The first kappa shape index (κ1) is 17.1. The number of pyridine rings is 1. The molecule has 22 heavy (non-hydrogen) atoms. The van der Waals surface area contributed by atoms with Crippen LogP contribution in [0.1, 0.15) is 30.1 Å². The number of nitrogens with zero attached hydrogens (tertiary/aromatic N) is 2. The molecule has 8 heteroatoms. The summed E-state index contributed by atoms with van der Waals surface area (Å²) in [6, 6.07) is 3.49. The molecule has 2 rings (SSSR count). The van der Waals surface area contributed by atoms with Crippen molar-refractivity contribution in [3.8, 4) is 0 Å². The van der Waals surface area contributed by atoms with Crippen LogP contribution in [0.2, 0.25) is 0 Å². The summed E-state index contributed by atoms with van der Waals surface area (Å²) < 4.78 is 37.5. The molecule has 1 amide bonds. The van der Waals surface area contributed by atoms with Crippen LogP contribution in [0.25, 0.3) is 0 Å². The van der Waals surface area contributed by atoms with E-state index < -0.39 is 11.4 Å². The van der Waals surface area contributed by atoms with Gasteiger partial charge in [-0.2, -0.15) is 13.2 Å². The smallest absolute Gasteiger partial charge is 0.350 e. The monoisotopic (exact) mass is 333 g/mol. The van der Waals surface area contributed by atoms with E-state index in [0.29, 0.717) is 12.6 Å². The maximum absolute atomic E-state index is 12.5. The van der Waals surface area contributed by atoms with E-state index in [1.165, 1.54) is 18.3 Å². The molecule has 0 saturated heterocycles. The van der Waals surface area contributed by atoms with Gasteiger partial charge in [0.25, 0.3) is 5.91 Å². The number of hydrogen-bond acceptors (Lipinski definition) is 4. The van der Waals surface area contributed by atoms with Crippen molar-refractivity contribution in [1.29, 1.82) is 0 Å². The van der Waals surface area contributed by atoms with Crippen molar-refractivity contribution >= 4 is 17.7 Å². The largest absolute Gasteiger partial charge is 0.447 e. The maximum Gasteiger partial charge on any atom is 0.447 e. The highest BCUT2D eigenvalue weighted by Crippen LogP contribution is 2.37. The topological polar surface area (TPSA) is 45.2 Å². The molecular formula is C14H18F3N3OS. The number of hydrogen-bond donors (Lipinski definition) is 1. The Labute approximate surface area is 131 Å². The molecule has 1 aromatic heterocycles. The lowest BCUT2D eigenvalue weighted by atomic mass is 10.2. The van der Waals surface area contributed by atoms with Gasteiger partial charge in [-0.3, -0.25) is 9.69 Å². The Morgan fingerprint density at radius 2 is 2.23 bits per heavy atom. The molecule has 1 aliphatic carbocycles. The number of carbonyl (C=O) groups excluding carboxylic acids is 1. The quantitative estimate of drug-likeness (QED) is 0.813. The Hall–Kier alpha value is -1.28. The molecule has 0 radical (unpaired) electrons. The van der Waals surface area contributed by atoms with Gasteiger partial charge >= 0.3 is 5.51 Å². The molecule has 0 spiro atoms. The number of rotatable bonds is 6. The lowest BCUT2D eigenvalue weighted by Crippen LogP contribution is -2.41. The minimum atomic E-state index is -4.47. The van der Waals surface area contributed by atoms with Crippen LogP contribution in [-0.2, 0) is 0 Å². The predicted octanol–water partition coefficient (Wildman–Crippen LogP) is 2.91. The molecule has 122 valence electrons. The molecule has 4 nitrogen and oxygen atoms in total. The number of halogens is 3. The van der Waals surface area contributed by atoms with Crippen molar-refractivity contribution in [3.05, 3.63) is 23.9 Å². The van der Waals surface area contributed by atoms with Gasteiger partial charge in [-0.05, 0) is 38.9 Å². The van der Waals surface area contributed by atoms with E-state index in [4.69, 9.17) is 0 Å². The highest BCUT2D eigenvalue weighted by molar-refractivity contribution is 8.00. The number of thioether (sulfide) groups is 1. The summed E-state index contributed by atoms with van der Waals surface area (Å²) in [5.74, 6) is -0.532. The van der Waals surface area contributed by atoms with E-state index in [2.05, 4.69) is 15.2 Å². The van der Waals surface area contributed by atoms with E-state index >= 15 is 0 Å². The fourth-order valence-electron chi connectivity index (χ4n) is 2.08. The summed E-state index contributed by atoms with van der Waals surface area (Å²) in [6.45, 7) is 2.37. The molecule has 1 heterocycles. The summed E-state index contributed by atoms with van der Waals surface area (Å²) in [5, 5.41) is 2.36. The highest BCUT2D eigenvalue weighted by atomic mass is 32.2. The lowest BCUT2D eigenvalue weighted by Gasteiger charge is -2.24. The van der Waals surface area contributed by atoms with Crippen molar-refractivity contribution in [2.24, 2.45) is 0 Å². The van der Waals surface area contributed by atoms with Crippen molar-refractivity contribution in [2.45, 2.75) is 42.4 Å². The molecule has 1 aromatic rings. The standard InChI is InChI=1S/C14H18F3N3OS/c1-9(20(2)10-5-6-10)8-19-12(21)11-4-3-7-18-13(11)22-14(15,16)17/h3-4,7,9-10H,5-6,8H2,1-2H3,(H,19,21). The molecule has 0 aliphatic heterocycles. The summed E-state index contributed by atoms with van der Waals surface area (Å²) >= 11 is -0.371. The number of carbonyl (C=O) groups is 1. The second-order valence-corrected chi connectivity index (χ2v) is 6.41. The molecule has 1 fully saturated rings. The van der Waals surface area contributed by atoms with Crippen molar-refractivity contribution < 1.29 is 18.0 Å². The Morgan fingerprint density at radius 1 is 1.55 bits per heavy atom. The first-order valence-electron chi connectivity index (χ1n) is 6.99. The Balaban J connectivity index is 1.97. The van der Waals surface area contributed by atoms with Crippen LogP contribution in [0.4, 0.5) is 13.2 Å². The average molecular weight is 333 g/mol. The molecular weight excluding hydrogens is 315 g/mol. The molecule has 1 unspecified atom stereocenters. The van der Waals surface area contributed by atoms with Gasteiger partial charge in [0.2, 0.25) is 0 Å². The van der Waals surface area contributed by atoms with Crippen LogP contribution in [0, 0.1) is 0 Å². The summed E-state index contributed by atoms with van der Waals surface area (Å²) in [5.41, 5.74) is -4.52. The minimum absolute atomic E-state index is 0.0499. The molecule has 0 bridgehead atoms. The van der Waals surface area contributed by atoms with Gasteiger partial charge in [0.1, 0.15) is 5.03 Å². The zero-order chi connectivity index (χ0) is 16.3.